The van der Waals surface area contributed by atoms with Gasteiger partial charge in [0.25, 0.3) is 5.91 Å². The number of nitrogens with two attached hydrogens (primary N) is 1. The number of ketones is 2. The quantitative estimate of drug-likeness (QED) is 0.353. The Morgan fingerprint density at radius 3 is 2.17 bits per heavy atom. The minimum atomic E-state index is -4.81. The van der Waals surface area contributed by atoms with Crippen molar-refractivity contribution in [3.63, 3.8) is 0 Å². The number of halogens is 3. The van der Waals surface area contributed by atoms with Crippen molar-refractivity contribution in [3.8, 4) is 0 Å². The Labute approximate surface area is 238 Å². The van der Waals surface area contributed by atoms with Gasteiger partial charge in [-0.1, -0.05) is 46.0 Å². The fourth-order valence-corrected chi connectivity index (χ4v) is 6.96. The van der Waals surface area contributed by atoms with Gasteiger partial charge in [-0.05, 0) is 62.2 Å². The van der Waals surface area contributed by atoms with Crippen molar-refractivity contribution < 1.29 is 41.9 Å². The molecule has 1 saturated heterocycles. The summed E-state index contributed by atoms with van der Waals surface area (Å²) in [6.07, 6.45) is -0.404. The van der Waals surface area contributed by atoms with Crippen LogP contribution in [0, 0.1) is 35.0 Å². The van der Waals surface area contributed by atoms with E-state index in [1.165, 1.54) is 4.90 Å². The maximum atomic E-state index is 14.1. The molecule has 3 N–H and O–H groups in total. The van der Waals surface area contributed by atoms with Gasteiger partial charge in [-0.3, -0.25) is 19.2 Å². The van der Waals surface area contributed by atoms with Crippen LogP contribution in [0.3, 0.4) is 0 Å². The standard InChI is InChI=1S/C29H42F3N3O6/c1-27(2)18-14-35(22(20(18)27)19(36)13-17(12-15-10-11-15)23(37)24(33)38)25(39)21(16-8-6-5-7-9-16)34-26(40)41-28(3,4)29(30,31)32/h15-18,20-22H,5-14H2,1-4H3,(H2,33,38)(H,34,40)/t17?,18-,20-,21-,22+/m0/s1. The van der Waals surface area contributed by atoms with Crippen LogP contribution in [0.25, 0.3) is 0 Å². The molecule has 0 aromatic carbocycles. The van der Waals surface area contributed by atoms with Gasteiger partial charge in [-0.25, -0.2) is 4.79 Å². The lowest BCUT2D eigenvalue weighted by Gasteiger charge is -2.37. The Morgan fingerprint density at radius 1 is 1.02 bits per heavy atom. The number of alkyl halides is 3. The molecule has 230 valence electrons. The van der Waals surface area contributed by atoms with E-state index in [1.54, 1.807) is 0 Å². The molecule has 3 saturated carbocycles. The lowest BCUT2D eigenvalue weighted by atomic mass is 9.82. The van der Waals surface area contributed by atoms with Crippen LogP contribution in [-0.4, -0.2) is 64.8 Å². The second kappa shape index (κ2) is 11.2. The number of ether oxygens (including phenoxy) is 1. The molecule has 4 rings (SSSR count). The molecule has 0 aromatic rings. The fourth-order valence-electron chi connectivity index (χ4n) is 6.96. The summed E-state index contributed by atoms with van der Waals surface area (Å²) in [5, 5.41) is 2.43. The number of fused-ring (bicyclic) bond motifs is 1. The van der Waals surface area contributed by atoms with Crippen LogP contribution >= 0.6 is 0 Å². The normalized spacial score (nSPS) is 27.4. The highest BCUT2D eigenvalue weighted by molar-refractivity contribution is 6.36. The van der Waals surface area contributed by atoms with E-state index in [9.17, 15) is 37.1 Å². The monoisotopic (exact) mass is 585 g/mol. The smallest absolute Gasteiger partial charge is 0.427 e. The number of Topliss-reactive ketones (excluding diaryl/α,β-unsaturated/α-hetero) is 2. The maximum absolute atomic E-state index is 14.1. The number of hydrogen-bond donors (Lipinski definition) is 2. The van der Waals surface area contributed by atoms with Gasteiger partial charge in [0, 0.05) is 18.9 Å². The second-order valence-electron chi connectivity index (χ2n) is 13.6. The number of carbonyl (C=O) groups excluding carboxylic acids is 5. The maximum Gasteiger partial charge on any atom is 0.427 e. The molecule has 41 heavy (non-hydrogen) atoms. The van der Waals surface area contributed by atoms with E-state index < -0.39 is 53.5 Å². The van der Waals surface area contributed by atoms with Gasteiger partial charge < -0.3 is 20.7 Å². The van der Waals surface area contributed by atoms with E-state index in [1.807, 2.05) is 13.8 Å². The van der Waals surface area contributed by atoms with Crippen LogP contribution in [0.1, 0.15) is 85.5 Å². The average Bonchev–Trinajstić information content (AvgIpc) is 3.73. The van der Waals surface area contributed by atoms with E-state index in [2.05, 4.69) is 5.32 Å². The number of hydrogen-bond acceptors (Lipinski definition) is 6. The van der Waals surface area contributed by atoms with Crippen molar-refractivity contribution in [2.75, 3.05) is 6.54 Å². The fraction of sp³-hybridized carbons (Fsp3) is 0.828. The second-order valence-corrected chi connectivity index (χ2v) is 13.6. The summed E-state index contributed by atoms with van der Waals surface area (Å²) >= 11 is 0. The van der Waals surface area contributed by atoms with Crippen molar-refractivity contribution in [2.45, 2.75) is 109 Å². The number of amides is 3. The Hall–Kier alpha value is -2.66. The third-order valence-electron chi connectivity index (χ3n) is 9.89. The van der Waals surface area contributed by atoms with Crippen LogP contribution in [0.5, 0.6) is 0 Å². The molecule has 4 fully saturated rings. The van der Waals surface area contributed by atoms with Gasteiger partial charge in [-0.2, -0.15) is 13.2 Å². The molecule has 0 spiro atoms. The molecule has 0 aromatic heterocycles. The van der Waals surface area contributed by atoms with Gasteiger partial charge in [-0.15, -0.1) is 0 Å². The number of likely N-dealkylation sites (tertiary alicyclic amines) is 1. The largest absolute Gasteiger partial charge is 0.434 e. The van der Waals surface area contributed by atoms with Crippen LogP contribution in [0.4, 0.5) is 18.0 Å². The molecule has 1 aliphatic heterocycles. The highest BCUT2D eigenvalue weighted by Crippen LogP contribution is 2.65. The summed E-state index contributed by atoms with van der Waals surface area (Å²) in [5.74, 6) is -3.78. The van der Waals surface area contributed by atoms with Crippen molar-refractivity contribution in [3.05, 3.63) is 0 Å². The van der Waals surface area contributed by atoms with Gasteiger partial charge >= 0.3 is 12.3 Å². The van der Waals surface area contributed by atoms with Crippen molar-refractivity contribution >= 4 is 29.5 Å². The minimum absolute atomic E-state index is 0.0252. The molecule has 3 aliphatic carbocycles. The predicted molar refractivity (Wildman–Crippen MR) is 141 cm³/mol. The van der Waals surface area contributed by atoms with Crippen LogP contribution in [0.15, 0.2) is 0 Å². The van der Waals surface area contributed by atoms with Gasteiger partial charge in [0.05, 0.1) is 6.04 Å². The zero-order valence-electron chi connectivity index (χ0n) is 24.2. The van der Waals surface area contributed by atoms with Crippen molar-refractivity contribution in [1.29, 1.82) is 0 Å². The molecule has 0 radical (unpaired) electrons. The molecular weight excluding hydrogens is 543 g/mol. The predicted octanol–water partition coefficient (Wildman–Crippen LogP) is 3.92. The highest BCUT2D eigenvalue weighted by atomic mass is 19.4. The summed E-state index contributed by atoms with van der Waals surface area (Å²) in [7, 11) is 0. The third-order valence-corrected chi connectivity index (χ3v) is 9.89. The van der Waals surface area contributed by atoms with Crippen molar-refractivity contribution in [2.24, 2.45) is 40.7 Å². The van der Waals surface area contributed by atoms with E-state index in [4.69, 9.17) is 10.5 Å². The molecule has 3 amide bonds. The third kappa shape index (κ3) is 6.56. The highest BCUT2D eigenvalue weighted by Gasteiger charge is 2.69. The van der Waals surface area contributed by atoms with E-state index in [-0.39, 0.29) is 47.8 Å². The van der Waals surface area contributed by atoms with Gasteiger partial charge in [0.1, 0.15) is 6.04 Å². The number of carbonyl (C=O) groups is 5. The number of nitrogens with one attached hydrogen (secondary N) is 1. The van der Waals surface area contributed by atoms with Gasteiger partial charge in [0.15, 0.2) is 5.78 Å². The summed E-state index contributed by atoms with van der Waals surface area (Å²) in [6, 6.07) is -2.02. The first-order chi connectivity index (χ1) is 19.0. The molecule has 1 heterocycles. The first kappa shape index (κ1) is 31.3. The van der Waals surface area contributed by atoms with Crippen LogP contribution in [-0.2, 0) is 23.9 Å². The molecule has 4 aliphatic rings. The Balaban J connectivity index is 1.56. The Kier molecular flexibility index (Phi) is 8.55. The Bertz CT molecular complexity index is 1080. The molecule has 9 nitrogen and oxygen atoms in total. The lowest BCUT2D eigenvalue weighted by molar-refractivity contribution is -0.244. The Morgan fingerprint density at radius 2 is 1.63 bits per heavy atom. The lowest BCUT2D eigenvalue weighted by Crippen LogP contribution is -2.58. The molecule has 1 unspecified atom stereocenters. The SMILES string of the molecule is CC1(C)[C@@H]2[C@@H](C(=O)CC(CC3CC3)C(=O)C(N)=O)N(C(=O)[C@@H](NC(=O)OC(C)(C)C(F)(F)F)C3CCCCC3)C[C@@H]21. The van der Waals surface area contributed by atoms with E-state index in [0.29, 0.717) is 19.3 Å². The van der Waals surface area contributed by atoms with Crippen LogP contribution < -0.4 is 11.1 Å². The van der Waals surface area contributed by atoms with Crippen molar-refractivity contribution in [1.82, 2.24) is 10.2 Å². The molecule has 0 bridgehead atoms. The number of alkyl carbamates (subject to hydrolysis) is 1. The average molecular weight is 586 g/mol. The van der Waals surface area contributed by atoms with E-state index >= 15 is 0 Å². The zero-order chi connectivity index (χ0) is 30.5. The first-order valence-electron chi connectivity index (χ1n) is 14.7. The number of nitrogens with zero attached hydrogens (tertiary/aromatic N) is 1. The summed E-state index contributed by atoms with van der Waals surface area (Å²) in [5.41, 5.74) is 2.28. The number of piperidine rings is 1. The van der Waals surface area contributed by atoms with E-state index in [0.717, 1.165) is 46.0 Å². The minimum Gasteiger partial charge on any atom is -0.434 e. The first-order valence-corrected chi connectivity index (χ1v) is 14.7. The molecule has 12 heteroatoms. The summed E-state index contributed by atoms with van der Waals surface area (Å²) < 4.78 is 44.8. The number of rotatable bonds is 11. The van der Waals surface area contributed by atoms with Crippen LogP contribution in [0.2, 0.25) is 0 Å². The molecule has 5 atom stereocenters. The number of primary amides is 1. The molecular formula is C29H42F3N3O6. The topological polar surface area (TPSA) is 136 Å². The summed E-state index contributed by atoms with van der Waals surface area (Å²) in [6.45, 7) is 5.75. The zero-order valence-corrected chi connectivity index (χ0v) is 24.2. The van der Waals surface area contributed by atoms with Gasteiger partial charge in [0.2, 0.25) is 17.3 Å². The summed E-state index contributed by atoms with van der Waals surface area (Å²) in [4.78, 5) is 66.3.